The highest BCUT2D eigenvalue weighted by Crippen LogP contribution is 2.19. The second kappa shape index (κ2) is 6.33. The summed E-state index contributed by atoms with van der Waals surface area (Å²) in [6.07, 6.45) is 1.54. The lowest BCUT2D eigenvalue weighted by atomic mass is 10.4. The maximum Gasteiger partial charge on any atom is 0.268 e. The number of carbonyl (C=O) groups excluding carboxylic acids is 3. The standard InChI is InChI=1S/C14H18N4O4/c1-17(2)13(20)8-15-12(19)7-16-14(21)10-6-11-9(18(10)3)4-5-22-11/h4-6H,7-8H2,1-3H3,(H,15,19)(H,16,21). The summed E-state index contributed by atoms with van der Waals surface area (Å²) in [6.45, 7) is -0.301. The number of nitrogens with zero attached hydrogens (tertiary/aromatic N) is 2. The van der Waals surface area contributed by atoms with Crippen molar-refractivity contribution in [3.05, 3.63) is 24.1 Å². The van der Waals surface area contributed by atoms with E-state index in [2.05, 4.69) is 10.6 Å². The van der Waals surface area contributed by atoms with Gasteiger partial charge in [-0.3, -0.25) is 14.4 Å². The number of amides is 3. The van der Waals surface area contributed by atoms with E-state index < -0.39 is 5.91 Å². The molecule has 0 bridgehead atoms. The quantitative estimate of drug-likeness (QED) is 0.793. The van der Waals surface area contributed by atoms with Crippen LogP contribution in [0.2, 0.25) is 0 Å². The highest BCUT2D eigenvalue weighted by atomic mass is 16.3. The minimum Gasteiger partial charge on any atom is -0.463 e. The van der Waals surface area contributed by atoms with E-state index in [1.165, 1.54) is 4.90 Å². The molecule has 118 valence electrons. The summed E-state index contributed by atoms with van der Waals surface area (Å²) >= 11 is 0. The van der Waals surface area contributed by atoms with Crippen LogP contribution >= 0.6 is 0 Å². The van der Waals surface area contributed by atoms with E-state index in [9.17, 15) is 14.4 Å². The first kappa shape index (κ1) is 15.6. The fourth-order valence-electron chi connectivity index (χ4n) is 1.91. The van der Waals surface area contributed by atoms with Crippen LogP contribution in [0, 0.1) is 0 Å². The SMILES string of the molecule is CN(C)C(=O)CNC(=O)CNC(=O)c1cc2occc2n1C. The van der Waals surface area contributed by atoms with E-state index in [1.807, 2.05) is 0 Å². The van der Waals surface area contributed by atoms with Crippen molar-refractivity contribution in [1.29, 1.82) is 0 Å². The summed E-state index contributed by atoms with van der Waals surface area (Å²) in [7, 11) is 4.94. The first-order chi connectivity index (χ1) is 10.4. The minimum atomic E-state index is -0.429. The van der Waals surface area contributed by atoms with Gasteiger partial charge in [0.2, 0.25) is 11.8 Å². The smallest absolute Gasteiger partial charge is 0.268 e. The van der Waals surface area contributed by atoms with Crippen molar-refractivity contribution in [2.24, 2.45) is 7.05 Å². The van der Waals surface area contributed by atoms with Crippen molar-refractivity contribution < 1.29 is 18.8 Å². The van der Waals surface area contributed by atoms with Crippen LogP contribution in [0.1, 0.15) is 10.5 Å². The summed E-state index contributed by atoms with van der Waals surface area (Å²) in [5.74, 6) is -1.04. The number of rotatable bonds is 5. The molecule has 8 nitrogen and oxygen atoms in total. The first-order valence-electron chi connectivity index (χ1n) is 6.68. The molecule has 0 radical (unpaired) electrons. The fraction of sp³-hybridized carbons (Fsp3) is 0.357. The Morgan fingerprint density at radius 3 is 2.59 bits per heavy atom. The van der Waals surface area contributed by atoms with Gasteiger partial charge in [-0.05, 0) is 0 Å². The fourth-order valence-corrected chi connectivity index (χ4v) is 1.91. The molecule has 0 saturated heterocycles. The number of likely N-dealkylation sites (N-methyl/N-ethyl adjacent to an activating group) is 1. The summed E-state index contributed by atoms with van der Waals surface area (Å²) in [5, 5.41) is 4.94. The number of fused-ring (bicyclic) bond motifs is 1. The molecule has 0 aliphatic carbocycles. The molecule has 2 N–H and O–H groups in total. The van der Waals surface area contributed by atoms with Gasteiger partial charge in [-0.1, -0.05) is 0 Å². The van der Waals surface area contributed by atoms with Crippen LogP contribution in [0.25, 0.3) is 11.1 Å². The Balaban J connectivity index is 1.87. The lowest BCUT2D eigenvalue weighted by Gasteiger charge is -2.11. The van der Waals surface area contributed by atoms with Crippen LogP contribution in [0.5, 0.6) is 0 Å². The van der Waals surface area contributed by atoms with Crippen molar-refractivity contribution in [3.63, 3.8) is 0 Å². The molecule has 0 fully saturated rings. The lowest BCUT2D eigenvalue weighted by Crippen LogP contribution is -2.41. The zero-order valence-electron chi connectivity index (χ0n) is 12.7. The highest BCUT2D eigenvalue weighted by Gasteiger charge is 2.16. The number of nitrogens with one attached hydrogen (secondary N) is 2. The normalized spacial score (nSPS) is 10.5. The van der Waals surface area contributed by atoms with Crippen LogP contribution in [0.4, 0.5) is 0 Å². The average molecular weight is 306 g/mol. The predicted octanol–water partition coefficient (Wildman–Crippen LogP) is -0.294. The topological polar surface area (TPSA) is 96.6 Å². The molecule has 0 aliphatic rings. The monoisotopic (exact) mass is 306 g/mol. The van der Waals surface area contributed by atoms with Crippen LogP contribution in [-0.4, -0.2) is 54.4 Å². The molecule has 2 rings (SSSR count). The molecule has 0 saturated carbocycles. The van der Waals surface area contributed by atoms with E-state index in [0.717, 1.165) is 5.52 Å². The van der Waals surface area contributed by atoms with Crippen LogP contribution in [-0.2, 0) is 16.6 Å². The number of aromatic nitrogens is 1. The van der Waals surface area contributed by atoms with Gasteiger partial charge in [-0.25, -0.2) is 0 Å². The summed E-state index contributed by atoms with van der Waals surface area (Å²) < 4.78 is 6.90. The van der Waals surface area contributed by atoms with Crippen LogP contribution in [0.15, 0.2) is 22.8 Å². The Hall–Kier alpha value is -2.77. The Morgan fingerprint density at radius 2 is 1.95 bits per heavy atom. The zero-order valence-corrected chi connectivity index (χ0v) is 12.7. The molecule has 0 aliphatic heterocycles. The van der Waals surface area contributed by atoms with E-state index in [4.69, 9.17) is 4.42 Å². The number of furan rings is 1. The maximum atomic E-state index is 12.1. The molecule has 2 aromatic rings. The Bertz CT molecular complexity index is 714. The summed E-state index contributed by atoms with van der Waals surface area (Å²) in [4.78, 5) is 36.4. The number of aryl methyl sites for hydroxylation is 1. The molecule has 8 heteroatoms. The molecule has 0 unspecified atom stereocenters. The molecule has 2 heterocycles. The Morgan fingerprint density at radius 1 is 1.23 bits per heavy atom. The van der Waals surface area contributed by atoms with Crippen molar-refractivity contribution in [2.45, 2.75) is 0 Å². The molecule has 22 heavy (non-hydrogen) atoms. The van der Waals surface area contributed by atoms with E-state index in [0.29, 0.717) is 11.3 Å². The van der Waals surface area contributed by atoms with Gasteiger partial charge in [0, 0.05) is 33.3 Å². The molecular formula is C14H18N4O4. The largest absolute Gasteiger partial charge is 0.463 e. The number of hydrogen-bond donors (Lipinski definition) is 2. The van der Waals surface area contributed by atoms with Crippen molar-refractivity contribution >= 4 is 28.8 Å². The van der Waals surface area contributed by atoms with Gasteiger partial charge < -0.3 is 24.5 Å². The Labute approximate surface area is 127 Å². The van der Waals surface area contributed by atoms with E-state index in [1.54, 1.807) is 44.1 Å². The van der Waals surface area contributed by atoms with Crippen LogP contribution in [0.3, 0.4) is 0 Å². The van der Waals surface area contributed by atoms with Gasteiger partial charge in [0.05, 0.1) is 24.9 Å². The molecule has 0 spiro atoms. The molecular weight excluding hydrogens is 288 g/mol. The number of hydrogen-bond acceptors (Lipinski definition) is 4. The van der Waals surface area contributed by atoms with Gasteiger partial charge in [0.15, 0.2) is 5.58 Å². The van der Waals surface area contributed by atoms with Gasteiger partial charge in [-0.15, -0.1) is 0 Å². The first-order valence-corrected chi connectivity index (χ1v) is 6.68. The van der Waals surface area contributed by atoms with Crippen molar-refractivity contribution in [2.75, 3.05) is 27.2 Å². The third-order valence-corrected chi connectivity index (χ3v) is 3.24. The van der Waals surface area contributed by atoms with E-state index in [-0.39, 0.29) is 24.9 Å². The molecule has 3 amide bonds. The van der Waals surface area contributed by atoms with Gasteiger partial charge >= 0.3 is 0 Å². The Kier molecular flexibility index (Phi) is 4.50. The van der Waals surface area contributed by atoms with E-state index >= 15 is 0 Å². The summed E-state index contributed by atoms with van der Waals surface area (Å²) in [6, 6.07) is 3.36. The van der Waals surface area contributed by atoms with Gasteiger partial charge in [0.25, 0.3) is 5.91 Å². The third kappa shape index (κ3) is 3.27. The minimum absolute atomic E-state index is 0.0984. The van der Waals surface area contributed by atoms with Crippen LogP contribution < -0.4 is 10.6 Å². The average Bonchev–Trinajstić information content (AvgIpc) is 3.05. The third-order valence-electron chi connectivity index (χ3n) is 3.24. The van der Waals surface area contributed by atoms with Crippen molar-refractivity contribution in [3.8, 4) is 0 Å². The zero-order chi connectivity index (χ0) is 16.3. The predicted molar refractivity (Wildman–Crippen MR) is 79.2 cm³/mol. The van der Waals surface area contributed by atoms with Gasteiger partial charge in [-0.2, -0.15) is 0 Å². The number of carbonyl (C=O) groups is 3. The lowest BCUT2D eigenvalue weighted by molar-refractivity contribution is -0.130. The maximum absolute atomic E-state index is 12.1. The molecule has 0 aromatic carbocycles. The molecule has 2 aromatic heterocycles. The highest BCUT2D eigenvalue weighted by molar-refractivity contribution is 5.99. The van der Waals surface area contributed by atoms with Crippen molar-refractivity contribution in [1.82, 2.24) is 20.1 Å². The second-order valence-corrected chi connectivity index (χ2v) is 5.01. The second-order valence-electron chi connectivity index (χ2n) is 5.01. The molecule has 0 atom stereocenters. The summed E-state index contributed by atoms with van der Waals surface area (Å²) in [5.41, 5.74) is 1.80. The van der Waals surface area contributed by atoms with Gasteiger partial charge in [0.1, 0.15) is 5.69 Å².